The van der Waals surface area contributed by atoms with Crippen molar-refractivity contribution in [2.45, 2.75) is 18.0 Å². The Morgan fingerprint density at radius 1 is 0.889 bits per heavy atom. The Bertz CT molecular complexity index is 1440. The highest BCUT2D eigenvalue weighted by Crippen LogP contribution is 2.43. The quantitative estimate of drug-likeness (QED) is 0.342. The molecule has 0 saturated carbocycles. The lowest BCUT2D eigenvalue weighted by Crippen LogP contribution is -2.52. The molecule has 1 aromatic heterocycles. The summed E-state index contributed by atoms with van der Waals surface area (Å²) in [7, 11) is 0. The minimum absolute atomic E-state index is 0.102. The summed E-state index contributed by atoms with van der Waals surface area (Å²) in [5, 5.41) is 8.20. The Labute approximate surface area is 210 Å². The van der Waals surface area contributed by atoms with Gasteiger partial charge in [0.1, 0.15) is 5.41 Å². The molecular weight excluding hydrogens is 446 g/mol. The third kappa shape index (κ3) is 4.63. The zero-order valence-electron chi connectivity index (χ0n) is 20.0. The lowest BCUT2D eigenvalue weighted by molar-refractivity contribution is -0.125. The fourth-order valence-electron chi connectivity index (χ4n) is 4.73. The maximum absolute atomic E-state index is 14.2. The number of aromatic nitrogens is 1. The molecule has 6 nitrogen and oxygen atoms in total. The van der Waals surface area contributed by atoms with Gasteiger partial charge < -0.3 is 16.4 Å². The standard InChI is InChI=1S/C30H29N5O/c31-20-22-11-13-23(14-12-22)28-30(25-7-3-1-4-8-25,19-24-21-32-16-15-27(24)35-28)29(36)34-18-17-33-26-9-5-2-6-10-26/h1-16,19,21,28,33H,17-18,20,31H2,(H,34,36). The summed E-state index contributed by atoms with van der Waals surface area (Å²) in [6, 6.07) is 29.3. The van der Waals surface area contributed by atoms with Gasteiger partial charge in [-0.25, -0.2) is 0 Å². The van der Waals surface area contributed by atoms with Crippen molar-refractivity contribution in [2.24, 2.45) is 10.7 Å². The monoisotopic (exact) mass is 475 g/mol. The Morgan fingerprint density at radius 3 is 2.33 bits per heavy atom. The first-order valence-electron chi connectivity index (χ1n) is 12.1. The van der Waals surface area contributed by atoms with Crippen molar-refractivity contribution >= 4 is 17.7 Å². The second kappa shape index (κ2) is 10.5. The number of hydrogen-bond acceptors (Lipinski definition) is 5. The molecule has 4 N–H and O–H groups in total. The molecule has 2 unspecified atom stereocenters. The molecule has 0 aliphatic carbocycles. The first-order chi connectivity index (χ1) is 17.7. The Balaban J connectivity index is 1.55. The van der Waals surface area contributed by atoms with Gasteiger partial charge in [-0.15, -0.1) is 0 Å². The average Bonchev–Trinajstić information content (AvgIpc) is 2.95. The molecule has 2 atom stereocenters. The molecule has 0 spiro atoms. The first kappa shape index (κ1) is 23.5. The first-order valence-corrected chi connectivity index (χ1v) is 12.1. The highest BCUT2D eigenvalue weighted by atomic mass is 16.2. The van der Waals surface area contributed by atoms with Crippen molar-refractivity contribution in [3.05, 3.63) is 131 Å². The smallest absolute Gasteiger partial charge is 0.237 e. The van der Waals surface area contributed by atoms with E-state index in [1.165, 1.54) is 0 Å². The van der Waals surface area contributed by atoms with Crippen LogP contribution in [0.3, 0.4) is 0 Å². The van der Waals surface area contributed by atoms with E-state index in [4.69, 9.17) is 10.7 Å². The number of nitrogens with two attached hydrogens (primary N) is 1. The highest BCUT2D eigenvalue weighted by Gasteiger charge is 2.47. The molecule has 180 valence electrons. The predicted molar refractivity (Wildman–Crippen MR) is 143 cm³/mol. The van der Waals surface area contributed by atoms with Crippen molar-refractivity contribution in [2.75, 3.05) is 18.4 Å². The van der Waals surface area contributed by atoms with Gasteiger partial charge in [-0.2, -0.15) is 0 Å². The number of fused-ring (bicyclic) bond motifs is 1. The van der Waals surface area contributed by atoms with Crippen LogP contribution >= 0.6 is 0 Å². The summed E-state index contributed by atoms with van der Waals surface area (Å²) < 4.78 is 0. The van der Waals surface area contributed by atoms with Crippen LogP contribution in [-0.2, 0) is 16.8 Å². The molecule has 5 rings (SSSR count). The summed E-state index contributed by atoms with van der Waals surface area (Å²) in [5.41, 5.74) is 8.67. The van der Waals surface area contributed by atoms with Crippen LogP contribution in [0.4, 0.5) is 5.69 Å². The molecule has 0 bridgehead atoms. The van der Waals surface area contributed by atoms with Crippen LogP contribution in [0.2, 0.25) is 0 Å². The number of pyridine rings is 1. The summed E-state index contributed by atoms with van der Waals surface area (Å²) in [4.78, 5) is 23.6. The number of para-hydroxylation sites is 1. The molecule has 4 aromatic rings. The minimum Gasteiger partial charge on any atom is -0.383 e. The van der Waals surface area contributed by atoms with Crippen LogP contribution in [0.25, 0.3) is 6.08 Å². The van der Waals surface area contributed by atoms with Gasteiger partial charge in [-0.05, 0) is 34.9 Å². The van der Waals surface area contributed by atoms with Gasteiger partial charge in [0.25, 0.3) is 0 Å². The third-order valence-electron chi connectivity index (χ3n) is 6.58. The van der Waals surface area contributed by atoms with Gasteiger partial charge in [0.05, 0.1) is 11.4 Å². The lowest BCUT2D eigenvalue weighted by Gasteiger charge is -2.37. The molecule has 1 aliphatic rings. The van der Waals surface area contributed by atoms with E-state index >= 15 is 0 Å². The van der Waals surface area contributed by atoms with E-state index in [1.54, 1.807) is 12.4 Å². The summed E-state index contributed by atoms with van der Waals surface area (Å²) in [6.45, 7) is 1.53. The number of benzene rings is 3. The van der Waals surface area contributed by atoms with E-state index < -0.39 is 11.5 Å². The van der Waals surface area contributed by atoms with Crippen LogP contribution < -0.4 is 26.9 Å². The molecule has 6 heteroatoms. The van der Waals surface area contributed by atoms with Crippen molar-refractivity contribution in [1.82, 2.24) is 10.3 Å². The molecule has 2 heterocycles. The number of amides is 1. The van der Waals surface area contributed by atoms with E-state index in [1.807, 2.05) is 97.1 Å². The van der Waals surface area contributed by atoms with Crippen LogP contribution in [0, 0.1) is 0 Å². The molecule has 0 saturated heterocycles. The number of nitrogens with one attached hydrogen (secondary N) is 2. The molecule has 0 fully saturated rings. The van der Waals surface area contributed by atoms with Gasteiger partial charge in [0.2, 0.25) is 5.91 Å². The second-order valence-electron chi connectivity index (χ2n) is 8.84. The van der Waals surface area contributed by atoms with Gasteiger partial charge in [-0.1, -0.05) is 78.9 Å². The molecule has 1 aliphatic heterocycles. The maximum atomic E-state index is 14.2. The number of hydrogen-bond donors (Lipinski definition) is 3. The lowest BCUT2D eigenvalue weighted by atomic mass is 9.69. The van der Waals surface area contributed by atoms with Crippen LogP contribution in [0.15, 0.2) is 108 Å². The summed E-state index contributed by atoms with van der Waals surface area (Å²) >= 11 is 0. The van der Waals surface area contributed by atoms with Crippen LogP contribution in [0.1, 0.15) is 22.7 Å². The third-order valence-corrected chi connectivity index (χ3v) is 6.58. The van der Waals surface area contributed by atoms with E-state index in [2.05, 4.69) is 15.6 Å². The summed E-state index contributed by atoms with van der Waals surface area (Å²) in [6.07, 6.45) is 5.53. The molecule has 36 heavy (non-hydrogen) atoms. The van der Waals surface area contributed by atoms with E-state index in [-0.39, 0.29) is 5.91 Å². The van der Waals surface area contributed by atoms with Crippen LogP contribution in [-0.4, -0.2) is 24.0 Å². The van der Waals surface area contributed by atoms with Crippen molar-refractivity contribution < 1.29 is 4.79 Å². The Hall–Kier alpha value is -4.29. The van der Waals surface area contributed by atoms with Gasteiger partial charge in [-0.3, -0.25) is 14.8 Å². The predicted octanol–water partition coefficient (Wildman–Crippen LogP) is 2.86. The van der Waals surface area contributed by atoms with Gasteiger partial charge in [0.15, 0.2) is 0 Å². The molecule has 1 amide bonds. The fourth-order valence-corrected chi connectivity index (χ4v) is 4.73. The molecule has 0 radical (unpaired) electrons. The Kier molecular flexibility index (Phi) is 6.87. The minimum atomic E-state index is -1.05. The number of anilines is 1. The Morgan fingerprint density at radius 2 is 1.61 bits per heavy atom. The number of nitrogens with zero attached hydrogens (tertiary/aromatic N) is 2. The number of carbonyl (C=O) groups excluding carboxylic acids is 1. The SMILES string of the molecule is NCc1ccc(C2N=c3ccncc3=CC2(C(=O)NCCNc2ccccc2)c2ccccc2)cc1. The normalized spacial score (nSPS) is 18.3. The van der Waals surface area contributed by atoms with Gasteiger partial charge >= 0.3 is 0 Å². The topological polar surface area (TPSA) is 92.4 Å². The summed E-state index contributed by atoms with van der Waals surface area (Å²) in [5.74, 6) is -0.102. The molecule has 3 aromatic carbocycles. The van der Waals surface area contributed by atoms with Gasteiger partial charge in [0, 0.05) is 42.9 Å². The maximum Gasteiger partial charge on any atom is 0.237 e. The van der Waals surface area contributed by atoms with Crippen molar-refractivity contribution in [1.29, 1.82) is 0 Å². The van der Waals surface area contributed by atoms with Crippen molar-refractivity contribution in [3.63, 3.8) is 0 Å². The number of carbonyl (C=O) groups is 1. The van der Waals surface area contributed by atoms with Crippen molar-refractivity contribution in [3.8, 4) is 0 Å². The second-order valence-corrected chi connectivity index (χ2v) is 8.84. The fraction of sp³-hybridized carbons (Fsp3) is 0.167. The molecular formula is C30H29N5O. The van der Waals surface area contributed by atoms with E-state index in [0.717, 1.165) is 33.0 Å². The average molecular weight is 476 g/mol. The largest absolute Gasteiger partial charge is 0.383 e. The van der Waals surface area contributed by atoms with E-state index in [0.29, 0.717) is 19.6 Å². The number of rotatable bonds is 8. The van der Waals surface area contributed by atoms with E-state index in [9.17, 15) is 4.79 Å². The zero-order valence-corrected chi connectivity index (χ0v) is 20.0. The zero-order chi connectivity index (χ0) is 24.8. The van der Waals surface area contributed by atoms with Crippen LogP contribution in [0.5, 0.6) is 0 Å². The highest BCUT2D eigenvalue weighted by molar-refractivity contribution is 5.96.